The quantitative estimate of drug-likeness (QED) is 0.467. The van der Waals surface area contributed by atoms with Gasteiger partial charge in [-0.15, -0.1) is 6.58 Å². The Morgan fingerprint density at radius 3 is 1.71 bits per heavy atom. The van der Waals surface area contributed by atoms with Crippen LogP contribution in [-0.2, 0) is 0 Å². The lowest BCUT2D eigenvalue weighted by Gasteiger charge is -2.22. The minimum Gasteiger partial charge on any atom is -0.103 e. The molecule has 0 bridgehead atoms. The van der Waals surface area contributed by atoms with E-state index in [-0.39, 0.29) is 0 Å². The third-order valence-corrected chi connectivity index (χ3v) is 2.64. The Labute approximate surface area is 111 Å². The van der Waals surface area contributed by atoms with Crippen LogP contribution < -0.4 is 0 Å². The molecular formula is C17H36. The van der Waals surface area contributed by atoms with Crippen LogP contribution in [0.2, 0.25) is 0 Å². The van der Waals surface area contributed by atoms with Crippen LogP contribution in [0.25, 0.3) is 0 Å². The maximum Gasteiger partial charge on any atom is -0.0206 e. The highest BCUT2D eigenvalue weighted by Crippen LogP contribution is 2.29. The van der Waals surface area contributed by atoms with E-state index in [4.69, 9.17) is 0 Å². The van der Waals surface area contributed by atoms with Gasteiger partial charge in [0.2, 0.25) is 0 Å². The Balaban J connectivity index is -0.000000239. The molecule has 0 saturated heterocycles. The van der Waals surface area contributed by atoms with Crippen molar-refractivity contribution in [2.24, 2.45) is 5.92 Å². The van der Waals surface area contributed by atoms with Gasteiger partial charge in [0.1, 0.15) is 0 Å². The predicted octanol–water partition coefficient (Wildman–Crippen LogP) is 6.78. The number of rotatable bonds is 2. The van der Waals surface area contributed by atoms with Crippen LogP contribution in [0, 0.1) is 5.92 Å². The third-order valence-electron chi connectivity index (χ3n) is 2.64. The molecule has 1 aliphatic rings. The van der Waals surface area contributed by atoms with Gasteiger partial charge in [-0.2, -0.15) is 0 Å². The second-order valence-corrected chi connectivity index (χ2v) is 3.75. The van der Waals surface area contributed by atoms with Gasteiger partial charge < -0.3 is 0 Å². The summed E-state index contributed by atoms with van der Waals surface area (Å²) < 4.78 is 0. The molecule has 0 heteroatoms. The molecule has 1 fully saturated rings. The fourth-order valence-electron chi connectivity index (χ4n) is 1.80. The van der Waals surface area contributed by atoms with Crippen LogP contribution in [-0.4, -0.2) is 0 Å². The second-order valence-electron chi connectivity index (χ2n) is 3.75. The molecule has 0 aromatic carbocycles. The van der Waals surface area contributed by atoms with Crippen LogP contribution >= 0.6 is 0 Å². The number of allylic oxidation sites excluding steroid dienone is 2. The lowest BCUT2D eigenvalue weighted by Crippen LogP contribution is -2.07. The maximum absolute atomic E-state index is 4.10. The van der Waals surface area contributed by atoms with Crippen LogP contribution in [0.4, 0.5) is 0 Å². The Morgan fingerprint density at radius 2 is 1.41 bits per heavy atom. The monoisotopic (exact) mass is 240 g/mol. The molecule has 0 aromatic heterocycles. The number of hydrogen-bond donors (Lipinski definition) is 0. The first kappa shape index (κ1) is 21.7. The van der Waals surface area contributed by atoms with Gasteiger partial charge in [0.15, 0.2) is 0 Å². The van der Waals surface area contributed by atoms with Crippen molar-refractivity contribution in [3.8, 4) is 0 Å². The van der Waals surface area contributed by atoms with E-state index >= 15 is 0 Å². The van der Waals surface area contributed by atoms with Gasteiger partial charge in [-0.05, 0) is 32.1 Å². The summed E-state index contributed by atoms with van der Waals surface area (Å²) in [5.74, 6) is 0.874. The van der Waals surface area contributed by atoms with E-state index in [0.29, 0.717) is 0 Å². The van der Waals surface area contributed by atoms with Crippen molar-refractivity contribution in [3.05, 3.63) is 24.8 Å². The van der Waals surface area contributed by atoms with Gasteiger partial charge in [0.25, 0.3) is 0 Å². The molecule has 0 N–H and O–H groups in total. The zero-order chi connectivity index (χ0) is 14.1. The van der Waals surface area contributed by atoms with Crippen molar-refractivity contribution in [1.29, 1.82) is 0 Å². The summed E-state index contributed by atoms with van der Waals surface area (Å²) in [6.07, 6.45) is 10.1. The average molecular weight is 240 g/mol. The van der Waals surface area contributed by atoms with Crippen molar-refractivity contribution in [3.63, 3.8) is 0 Å². The lowest BCUT2D eigenvalue weighted by molar-refractivity contribution is 0.398. The molecule has 104 valence electrons. The van der Waals surface area contributed by atoms with Gasteiger partial charge in [-0.3, -0.25) is 0 Å². The van der Waals surface area contributed by atoms with E-state index in [1.165, 1.54) is 44.1 Å². The molecule has 0 aromatic rings. The molecule has 0 atom stereocenters. The van der Waals surface area contributed by atoms with Crippen molar-refractivity contribution >= 4 is 0 Å². The summed E-state index contributed by atoms with van der Waals surface area (Å²) in [6.45, 7) is 19.6. The summed E-state index contributed by atoms with van der Waals surface area (Å²) in [5, 5.41) is 0. The maximum atomic E-state index is 4.10. The first-order valence-electron chi connectivity index (χ1n) is 7.50. The molecule has 0 amide bonds. The van der Waals surface area contributed by atoms with E-state index in [1.54, 1.807) is 6.08 Å². The van der Waals surface area contributed by atoms with Gasteiger partial charge in [-0.25, -0.2) is 0 Å². The molecule has 1 aliphatic carbocycles. The van der Waals surface area contributed by atoms with E-state index in [0.717, 1.165) is 5.92 Å². The van der Waals surface area contributed by atoms with E-state index in [2.05, 4.69) is 20.1 Å². The zero-order valence-electron chi connectivity index (χ0n) is 13.3. The topological polar surface area (TPSA) is 0 Å². The highest BCUT2D eigenvalue weighted by molar-refractivity contribution is 5.00. The molecule has 0 spiro atoms. The molecule has 0 radical (unpaired) electrons. The van der Waals surface area contributed by atoms with Gasteiger partial charge in [-0.1, -0.05) is 72.1 Å². The SMILES string of the molecule is C=C(CC)C1CCCCC1.C=CC.CC.CC. The Morgan fingerprint density at radius 1 is 1.06 bits per heavy atom. The van der Waals surface area contributed by atoms with Crippen LogP contribution in [0.15, 0.2) is 24.8 Å². The molecule has 0 aliphatic heterocycles. The van der Waals surface area contributed by atoms with Crippen LogP contribution in [0.1, 0.15) is 80.1 Å². The Bertz CT molecular complexity index is 138. The minimum atomic E-state index is 0.874. The summed E-state index contributed by atoms with van der Waals surface area (Å²) in [7, 11) is 0. The highest BCUT2D eigenvalue weighted by atomic mass is 14.2. The third kappa shape index (κ3) is 15.5. The summed E-state index contributed by atoms with van der Waals surface area (Å²) in [5.41, 5.74) is 1.49. The predicted molar refractivity (Wildman–Crippen MR) is 84.6 cm³/mol. The van der Waals surface area contributed by atoms with E-state index in [9.17, 15) is 0 Å². The van der Waals surface area contributed by atoms with Crippen LogP contribution in [0.3, 0.4) is 0 Å². The fourth-order valence-corrected chi connectivity index (χ4v) is 1.80. The molecule has 0 unspecified atom stereocenters. The summed E-state index contributed by atoms with van der Waals surface area (Å²) >= 11 is 0. The van der Waals surface area contributed by atoms with Crippen molar-refractivity contribution in [1.82, 2.24) is 0 Å². The molecule has 0 heterocycles. The fraction of sp³-hybridized carbons (Fsp3) is 0.765. The molecule has 1 saturated carbocycles. The molecular weight excluding hydrogens is 204 g/mol. The average Bonchev–Trinajstić information content (AvgIpc) is 2.44. The van der Waals surface area contributed by atoms with Crippen molar-refractivity contribution < 1.29 is 0 Å². The number of hydrogen-bond acceptors (Lipinski definition) is 0. The first-order valence-corrected chi connectivity index (χ1v) is 7.50. The van der Waals surface area contributed by atoms with Gasteiger partial charge in [0.05, 0.1) is 0 Å². The second kappa shape index (κ2) is 20.8. The molecule has 17 heavy (non-hydrogen) atoms. The zero-order valence-corrected chi connectivity index (χ0v) is 13.3. The molecule has 0 nitrogen and oxygen atoms in total. The smallest absolute Gasteiger partial charge is 0.0206 e. The summed E-state index contributed by atoms with van der Waals surface area (Å²) in [4.78, 5) is 0. The van der Waals surface area contributed by atoms with Crippen molar-refractivity contribution in [2.75, 3.05) is 0 Å². The van der Waals surface area contributed by atoms with E-state index in [1.807, 2.05) is 34.6 Å². The highest BCUT2D eigenvalue weighted by Gasteiger charge is 2.14. The minimum absolute atomic E-state index is 0.874. The van der Waals surface area contributed by atoms with E-state index < -0.39 is 0 Å². The standard InChI is InChI=1S/C10H18.C3H6.2C2H6/c1-3-9(2)10-7-5-4-6-8-10;1-3-2;2*1-2/h10H,2-8H2,1H3;3H,1H2,2H3;2*1-2H3. The largest absolute Gasteiger partial charge is 0.103 e. The first-order chi connectivity index (χ1) is 8.26. The normalized spacial score (nSPS) is 13.8. The lowest BCUT2D eigenvalue weighted by atomic mass is 9.83. The van der Waals surface area contributed by atoms with Crippen LogP contribution in [0.5, 0.6) is 0 Å². The van der Waals surface area contributed by atoms with Gasteiger partial charge >= 0.3 is 0 Å². The Kier molecular flexibility index (Phi) is 26.6. The van der Waals surface area contributed by atoms with Gasteiger partial charge in [0, 0.05) is 0 Å². The molecule has 1 rings (SSSR count). The summed E-state index contributed by atoms with van der Waals surface area (Å²) in [6, 6.07) is 0. The Hall–Kier alpha value is -0.520. The van der Waals surface area contributed by atoms with Crippen molar-refractivity contribution in [2.45, 2.75) is 80.1 Å².